The van der Waals surface area contributed by atoms with Crippen LogP contribution in [0.15, 0.2) is 48.5 Å². The molecule has 2 aromatic carbocycles. The van der Waals surface area contributed by atoms with Gasteiger partial charge in [0, 0.05) is 37.7 Å². The van der Waals surface area contributed by atoms with Gasteiger partial charge >= 0.3 is 0 Å². The van der Waals surface area contributed by atoms with Gasteiger partial charge in [-0.3, -0.25) is 9.59 Å². The largest absolute Gasteiger partial charge is 0.497 e. The Labute approximate surface area is 182 Å². The summed E-state index contributed by atoms with van der Waals surface area (Å²) in [5.41, 5.74) is 1.63. The van der Waals surface area contributed by atoms with Gasteiger partial charge in [0.2, 0.25) is 5.91 Å². The summed E-state index contributed by atoms with van der Waals surface area (Å²) < 4.78 is 15.9. The maximum absolute atomic E-state index is 13.4. The van der Waals surface area contributed by atoms with E-state index in [0.29, 0.717) is 50.7 Å². The molecule has 0 aromatic heterocycles. The Morgan fingerprint density at radius 3 is 2.00 bits per heavy atom. The van der Waals surface area contributed by atoms with Gasteiger partial charge in [0.05, 0.1) is 33.4 Å². The van der Waals surface area contributed by atoms with E-state index in [1.807, 2.05) is 29.2 Å². The van der Waals surface area contributed by atoms with Crippen LogP contribution in [0.25, 0.3) is 0 Å². The summed E-state index contributed by atoms with van der Waals surface area (Å²) in [7, 11) is 3.23. The van der Waals surface area contributed by atoms with E-state index in [1.165, 1.54) is 0 Å². The number of morpholine rings is 1. The molecule has 2 fully saturated rings. The zero-order valence-electron chi connectivity index (χ0n) is 18.0. The fourth-order valence-corrected chi connectivity index (χ4v) is 4.34. The molecule has 164 valence electrons. The van der Waals surface area contributed by atoms with E-state index in [9.17, 15) is 9.59 Å². The molecule has 0 N–H and O–H groups in total. The lowest BCUT2D eigenvalue weighted by Crippen LogP contribution is -2.45. The number of likely N-dealkylation sites (tertiary alicyclic amines) is 1. The number of ether oxygens (including phenoxy) is 3. The van der Waals surface area contributed by atoms with Crippen molar-refractivity contribution in [1.29, 1.82) is 0 Å². The van der Waals surface area contributed by atoms with Gasteiger partial charge in [-0.2, -0.15) is 0 Å². The molecule has 7 heteroatoms. The molecule has 2 saturated heterocycles. The molecular weight excluding hydrogens is 396 g/mol. The molecule has 2 aromatic rings. The predicted molar refractivity (Wildman–Crippen MR) is 116 cm³/mol. The molecule has 0 radical (unpaired) electrons. The molecule has 0 saturated carbocycles. The molecule has 31 heavy (non-hydrogen) atoms. The molecule has 0 aliphatic carbocycles. The standard InChI is InChI=1S/C24H28N2O5/c1-29-19-7-3-17(4-8-19)21-15-26(23(27)18-5-9-20(30-2)10-6-18)16-22(21)24(28)25-11-13-31-14-12-25/h3-10,21-22H,11-16H2,1-2H3/t21-,22-/m0/s1. The van der Waals surface area contributed by atoms with Crippen molar-refractivity contribution in [2.75, 3.05) is 53.6 Å². The normalized spacial score (nSPS) is 21.1. The highest BCUT2D eigenvalue weighted by atomic mass is 16.5. The monoisotopic (exact) mass is 424 g/mol. The smallest absolute Gasteiger partial charge is 0.253 e. The number of hydrogen-bond acceptors (Lipinski definition) is 5. The first kappa shape index (κ1) is 21.2. The average molecular weight is 424 g/mol. The van der Waals surface area contributed by atoms with E-state index >= 15 is 0 Å². The number of carbonyl (C=O) groups excluding carboxylic acids is 2. The highest BCUT2D eigenvalue weighted by Crippen LogP contribution is 2.36. The Balaban J connectivity index is 1.58. The molecular formula is C24H28N2O5. The molecule has 2 amide bonds. The number of nitrogens with zero attached hydrogens (tertiary/aromatic N) is 2. The van der Waals surface area contributed by atoms with Crippen molar-refractivity contribution in [3.63, 3.8) is 0 Å². The SMILES string of the molecule is COc1ccc(C(=O)N2C[C@H](C(=O)N3CCOCC3)[C@H](c3ccc(OC)cc3)C2)cc1. The van der Waals surface area contributed by atoms with Gasteiger partial charge in [-0.05, 0) is 42.0 Å². The van der Waals surface area contributed by atoms with Gasteiger partial charge < -0.3 is 24.0 Å². The number of hydrogen-bond donors (Lipinski definition) is 0. The summed E-state index contributed by atoms with van der Waals surface area (Å²) >= 11 is 0. The van der Waals surface area contributed by atoms with E-state index in [1.54, 1.807) is 43.4 Å². The third-order valence-electron chi connectivity index (χ3n) is 6.13. The van der Waals surface area contributed by atoms with E-state index in [2.05, 4.69) is 0 Å². The number of rotatable bonds is 5. The Bertz CT molecular complexity index is 907. The molecule has 7 nitrogen and oxygen atoms in total. The van der Waals surface area contributed by atoms with E-state index < -0.39 is 0 Å². The summed E-state index contributed by atoms with van der Waals surface area (Å²) in [5.74, 6) is 1.14. The van der Waals surface area contributed by atoms with Crippen LogP contribution in [-0.2, 0) is 9.53 Å². The van der Waals surface area contributed by atoms with Crippen LogP contribution in [0, 0.1) is 5.92 Å². The minimum Gasteiger partial charge on any atom is -0.497 e. The maximum atomic E-state index is 13.4. The number of methoxy groups -OCH3 is 2. The molecule has 0 bridgehead atoms. The number of amides is 2. The third kappa shape index (κ3) is 4.51. The van der Waals surface area contributed by atoms with E-state index in [4.69, 9.17) is 14.2 Å². The molecule has 2 aliphatic heterocycles. The first-order chi connectivity index (χ1) is 15.1. The second-order valence-electron chi connectivity index (χ2n) is 7.86. The summed E-state index contributed by atoms with van der Waals surface area (Å²) in [6, 6.07) is 14.9. The van der Waals surface area contributed by atoms with E-state index in [0.717, 1.165) is 11.3 Å². The van der Waals surface area contributed by atoms with Gasteiger partial charge in [-0.1, -0.05) is 12.1 Å². The maximum Gasteiger partial charge on any atom is 0.253 e. The second-order valence-corrected chi connectivity index (χ2v) is 7.86. The predicted octanol–water partition coefficient (Wildman–Crippen LogP) is 2.42. The lowest BCUT2D eigenvalue weighted by atomic mass is 9.88. The minimum atomic E-state index is -0.284. The first-order valence-corrected chi connectivity index (χ1v) is 10.5. The van der Waals surface area contributed by atoms with Gasteiger partial charge in [-0.25, -0.2) is 0 Å². The Hall–Kier alpha value is -3.06. The van der Waals surface area contributed by atoms with Crippen molar-refractivity contribution in [3.05, 3.63) is 59.7 Å². The van der Waals surface area contributed by atoms with Crippen LogP contribution in [0.2, 0.25) is 0 Å². The van der Waals surface area contributed by atoms with Crippen LogP contribution in [-0.4, -0.2) is 75.2 Å². The zero-order chi connectivity index (χ0) is 21.8. The fourth-order valence-electron chi connectivity index (χ4n) is 4.34. The van der Waals surface area contributed by atoms with Crippen LogP contribution >= 0.6 is 0 Å². The Morgan fingerprint density at radius 2 is 1.42 bits per heavy atom. The molecule has 2 atom stereocenters. The summed E-state index contributed by atoms with van der Waals surface area (Å²) in [4.78, 5) is 30.2. The van der Waals surface area contributed by atoms with Crippen LogP contribution in [0.1, 0.15) is 21.8 Å². The second kappa shape index (κ2) is 9.39. The van der Waals surface area contributed by atoms with Gasteiger partial charge in [0.1, 0.15) is 11.5 Å². The fraction of sp³-hybridized carbons (Fsp3) is 0.417. The van der Waals surface area contributed by atoms with Gasteiger partial charge in [-0.15, -0.1) is 0 Å². The molecule has 0 unspecified atom stereocenters. The highest BCUT2D eigenvalue weighted by molar-refractivity contribution is 5.95. The Kier molecular flexibility index (Phi) is 6.42. The number of carbonyl (C=O) groups is 2. The van der Waals surface area contributed by atoms with Gasteiger partial charge in [0.25, 0.3) is 5.91 Å². The topological polar surface area (TPSA) is 68.3 Å². The number of benzene rings is 2. The quantitative estimate of drug-likeness (QED) is 0.738. The van der Waals surface area contributed by atoms with Gasteiger partial charge in [0.15, 0.2) is 0 Å². The van der Waals surface area contributed by atoms with Crippen LogP contribution < -0.4 is 9.47 Å². The third-order valence-corrected chi connectivity index (χ3v) is 6.13. The average Bonchev–Trinajstić information content (AvgIpc) is 3.29. The first-order valence-electron chi connectivity index (χ1n) is 10.5. The minimum absolute atomic E-state index is 0.0663. The summed E-state index contributed by atoms with van der Waals surface area (Å²) in [6.07, 6.45) is 0. The highest BCUT2D eigenvalue weighted by Gasteiger charge is 2.42. The Morgan fingerprint density at radius 1 is 0.839 bits per heavy atom. The van der Waals surface area contributed by atoms with Crippen molar-refractivity contribution in [2.24, 2.45) is 5.92 Å². The van der Waals surface area contributed by atoms with Crippen molar-refractivity contribution in [1.82, 2.24) is 9.80 Å². The summed E-state index contributed by atoms with van der Waals surface area (Å²) in [5, 5.41) is 0. The van der Waals surface area contributed by atoms with E-state index in [-0.39, 0.29) is 23.7 Å². The van der Waals surface area contributed by atoms with Crippen molar-refractivity contribution < 1.29 is 23.8 Å². The molecule has 0 spiro atoms. The molecule has 2 heterocycles. The molecule has 2 aliphatic rings. The molecule has 4 rings (SSSR count). The van der Waals surface area contributed by atoms with Crippen molar-refractivity contribution in [2.45, 2.75) is 5.92 Å². The zero-order valence-corrected chi connectivity index (χ0v) is 18.0. The summed E-state index contributed by atoms with van der Waals surface area (Å²) in [6.45, 7) is 3.20. The lowest BCUT2D eigenvalue weighted by molar-refractivity contribution is -0.139. The van der Waals surface area contributed by atoms with Crippen molar-refractivity contribution >= 4 is 11.8 Å². The van der Waals surface area contributed by atoms with Crippen LogP contribution in [0.4, 0.5) is 0 Å². The van der Waals surface area contributed by atoms with Crippen LogP contribution in [0.3, 0.4) is 0 Å². The van der Waals surface area contributed by atoms with Crippen molar-refractivity contribution in [3.8, 4) is 11.5 Å². The van der Waals surface area contributed by atoms with Crippen LogP contribution in [0.5, 0.6) is 11.5 Å². The lowest BCUT2D eigenvalue weighted by Gasteiger charge is -2.30.